The van der Waals surface area contributed by atoms with E-state index < -0.39 is 23.1 Å². The summed E-state index contributed by atoms with van der Waals surface area (Å²) < 4.78 is 43.6. The van der Waals surface area contributed by atoms with Gasteiger partial charge in [-0.25, -0.2) is 4.98 Å². The second kappa shape index (κ2) is 5.58. The third-order valence-electron chi connectivity index (χ3n) is 5.12. The van der Waals surface area contributed by atoms with Crippen LogP contribution in [-0.2, 0) is 12.7 Å². The van der Waals surface area contributed by atoms with Gasteiger partial charge in [-0.05, 0) is 26.3 Å². The fourth-order valence-corrected chi connectivity index (χ4v) is 3.43. The summed E-state index contributed by atoms with van der Waals surface area (Å²) in [4.78, 5) is 20.5. The number of nitrogens with zero attached hydrogens (tertiary/aromatic N) is 4. The minimum Gasteiger partial charge on any atom is -0.349 e. The Bertz CT molecular complexity index is 1080. The van der Waals surface area contributed by atoms with Crippen molar-refractivity contribution in [3.8, 4) is 0 Å². The van der Waals surface area contributed by atoms with Crippen molar-refractivity contribution < 1.29 is 13.2 Å². The van der Waals surface area contributed by atoms with E-state index in [0.29, 0.717) is 5.56 Å². The quantitative estimate of drug-likeness (QED) is 0.743. The maximum absolute atomic E-state index is 13.7. The normalized spacial score (nSPS) is 18.5. The lowest BCUT2D eigenvalue weighted by molar-refractivity contribution is -0.146. The molecule has 1 N–H and O–H groups in total. The first-order valence-electron chi connectivity index (χ1n) is 8.51. The highest BCUT2D eigenvalue weighted by Gasteiger charge is 2.42. The lowest BCUT2D eigenvalue weighted by atomic mass is 9.98. The van der Waals surface area contributed by atoms with E-state index in [1.165, 1.54) is 0 Å². The Balaban J connectivity index is 2.03. The van der Waals surface area contributed by atoms with Gasteiger partial charge in [0.05, 0.1) is 11.6 Å². The van der Waals surface area contributed by atoms with E-state index in [2.05, 4.69) is 15.3 Å². The molecule has 142 valence electrons. The van der Waals surface area contributed by atoms with Crippen molar-refractivity contribution >= 4 is 17.1 Å². The number of hydrogen-bond acceptors (Lipinski definition) is 4. The van der Waals surface area contributed by atoms with Crippen molar-refractivity contribution in [2.24, 2.45) is 0 Å². The Hall–Kier alpha value is -2.84. The van der Waals surface area contributed by atoms with Gasteiger partial charge in [0.25, 0.3) is 0 Å². The van der Waals surface area contributed by atoms with E-state index in [1.807, 2.05) is 20.8 Å². The van der Waals surface area contributed by atoms with Crippen LogP contribution in [0.5, 0.6) is 0 Å². The molecule has 0 saturated heterocycles. The first kappa shape index (κ1) is 17.6. The molecule has 3 aromatic rings. The number of hydrogen-bond donors (Lipinski definition) is 1. The van der Waals surface area contributed by atoms with Gasteiger partial charge in [0.15, 0.2) is 11.2 Å². The summed E-state index contributed by atoms with van der Waals surface area (Å²) in [6, 6.07) is 8.43. The maximum Gasteiger partial charge on any atom is 0.449 e. The molecule has 0 fully saturated rings. The molecular formula is C18H18F3N5O. The van der Waals surface area contributed by atoms with Crippen LogP contribution in [0.2, 0.25) is 0 Å². The molecule has 0 saturated carbocycles. The topological polar surface area (TPSA) is 64.7 Å². The molecule has 1 aliphatic heterocycles. The van der Waals surface area contributed by atoms with Crippen LogP contribution < -0.4 is 10.9 Å². The Morgan fingerprint density at radius 3 is 2.48 bits per heavy atom. The average Bonchev–Trinajstić information content (AvgIpc) is 3.04. The van der Waals surface area contributed by atoms with Crippen molar-refractivity contribution in [2.75, 3.05) is 5.32 Å². The van der Waals surface area contributed by atoms with Crippen LogP contribution in [0, 0.1) is 0 Å². The third kappa shape index (κ3) is 2.68. The molecule has 1 aliphatic rings. The SMILES string of the molecule is CC1n2c(nc(=O)c3c2nc(C(F)(F)F)n3Cc2ccccc2)NC1(C)C. The van der Waals surface area contributed by atoms with E-state index in [-0.39, 0.29) is 29.7 Å². The minimum absolute atomic E-state index is 0.00108. The summed E-state index contributed by atoms with van der Waals surface area (Å²) in [5.41, 5.74) is -0.700. The molecule has 4 rings (SSSR count). The second-order valence-electron chi connectivity index (χ2n) is 7.31. The molecule has 1 unspecified atom stereocenters. The molecule has 2 aromatic heterocycles. The molecule has 0 spiro atoms. The fraction of sp³-hybridized carbons (Fsp3) is 0.389. The van der Waals surface area contributed by atoms with Crippen LogP contribution in [0.15, 0.2) is 35.1 Å². The summed E-state index contributed by atoms with van der Waals surface area (Å²) in [5.74, 6) is -0.860. The number of nitrogens with one attached hydrogen (secondary N) is 1. The molecule has 3 heterocycles. The monoisotopic (exact) mass is 377 g/mol. The Labute approximate surface area is 152 Å². The Kier molecular flexibility index (Phi) is 3.63. The summed E-state index contributed by atoms with van der Waals surface area (Å²) >= 11 is 0. The van der Waals surface area contributed by atoms with Crippen LogP contribution in [0.25, 0.3) is 11.2 Å². The predicted octanol–water partition coefficient (Wildman–Crippen LogP) is 3.43. The number of alkyl halides is 3. The smallest absolute Gasteiger partial charge is 0.349 e. The summed E-state index contributed by atoms with van der Waals surface area (Å²) in [6.07, 6.45) is -4.70. The number of halogens is 3. The van der Waals surface area contributed by atoms with Crippen molar-refractivity contribution in [2.45, 2.75) is 45.1 Å². The standard InChI is InChI=1S/C18H18F3N5O/c1-10-17(2,3)24-16-23-14(27)12-13(26(10)16)22-15(18(19,20)21)25(12)9-11-7-5-4-6-8-11/h4-8,10H,9H2,1-3H3,(H,23,24,27). The van der Waals surface area contributed by atoms with Gasteiger partial charge in [-0.1, -0.05) is 30.3 Å². The highest BCUT2D eigenvalue weighted by molar-refractivity contribution is 5.74. The van der Waals surface area contributed by atoms with E-state index in [1.54, 1.807) is 34.9 Å². The zero-order chi connectivity index (χ0) is 19.6. The Morgan fingerprint density at radius 2 is 1.85 bits per heavy atom. The van der Waals surface area contributed by atoms with Crippen molar-refractivity contribution in [3.05, 3.63) is 52.1 Å². The van der Waals surface area contributed by atoms with Gasteiger partial charge in [0.1, 0.15) is 0 Å². The predicted molar refractivity (Wildman–Crippen MR) is 94.7 cm³/mol. The molecule has 9 heteroatoms. The first-order chi connectivity index (χ1) is 12.6. The van der Waals surface area contributed by atoms with Crippen molar-refractivity contribution in [3.63, 3.8) is 0 Å². The lowest BCUT2D eigenvalue weighted by Gasteiger charge is -2.23. The van der Waals surface area contributed by atoms with E-state index in [4.69, 9.17) is 0 Å². The molecule has 27 heavy (non-hydrogen) atoms. The Morgan fingerprint density at radius 1 is 1.19 bits per heavy atom. The van der Waals surface area contributed by atoms with E-state index in [0.717, 1.165) is 4.57 Å². The number of fused-ring (bicyclic) bond motifs is 3. The number of aromatic nitrogens is 4. The zero-order valence-corrected chi connectivity index (χ0v) is 15.0. The molecule has 0 aliphatic carbocycles. The van der Waals surface area contributed by atoms with Gasteiger partial charge in [-0.3, -0.25) is 9.36 Å². The molecular weight excluding hydrogens is 359 g/mol. The van der Waals surface area contributed by atoms with Crippen molar-refractivity contribution in [1.29, 1.82) is 0 Å². The van der Waals surface area contributed by atoms with Gasteiger partial charge in [0.2, 0.25) is 11.8 Å². The van der Waals surface area contributed by atoms with Crippen molar-refractivity contribution in [1.82, 2.24) is 19.1 Å². The van der Waals surface area contributed by atoms with Crippen LogP contribution >= 0.6 is 0 Å². The van der Waals surface area contributed by atoms with Crippen LogP contribution in [-0.4, -0.2) is 24.6 Å². The number of rotatable bonds is 2. The van der Waals surface area contributed by atoms with Gasteiger partial charge >= 0.3 is 11.7 Å². The van der Waals surface area contributed by atoms with Crippen LogP contribution in [0.4, 0.5) is 19.1 Å². The summed E-state index contributed by atoms with van der Waals surface area (Å²) in [6.45, 7) is 5.54. The van der Waals surface area contributed by atoms with Gasteiger partial charge in [0, 0.05) is 6.54 Å². The molecule has 6 nitrogen and oxygen atoms in total. The highest BCUT2D eigenvalue weighted by atomic mass is 19.4. The molecule has 0 bridgehead atoms. The highest BCUT2D eigenvalue weighted by Crippen LogP contribution is 2.38. The zero-order valence-electron chi connectivity index (χ0n) is 15.0. The average molecular weight is 377 g/mol. The number of anilines is 1. The molecule has 1 aromatic carbocycles. The largest absolute Gasteiger partial charge is 0.449 e. The van der Waals surface area contributed by atoms with Gasteiger partial charge in [-0.2, -0.15) is 18.2 Å². The van der Waals surface area contributed by atoms with E-state index in [9.17, 15) is 18.0 Å². The summed E-state index contributed by atoms with van der Waals surface area (Å²) in [5, 5.41) is 3.09. The maximum atomic E-state index is 13.7. The number of benzene rings is 1. The summed E-state index contributed by atoms with van der Waals surface area (Å²) in [7, 11) is 0. The van der Waals surface area contributed by atoms with Gasteiger partial charge < -0.3 is 9.88 Å². The second-order valence-corrected chi connectivity index (χ2v) is 7.31. The van der Waals surface area contributed by atoms with E-state index >= 15 is 0 Å². The van der Waals surface area contributed by atoms with Crippen LogP contribution in [0.3, 0.4) is 0 Å². The molecule has 1 atom stereocenters. The lowest BCUT2D eigenvalue weighted by Crippen LogP contribution is -2.31. The number of imidazole rings is 1. The van der Waals surface area contributed by atoms with Crippen LogP contribution in [0.1, 0.15) is 38.2 Å². The van der Waals surface area contributed by atoms with Gasteiger partial charge in [-0.15, -0.1) is 0 Å². The third-order valence-corrected chi connectivity index (χ3v) is 5.12. The first-order valence-corrected chi connectivity index (χ1v) is 8.51. The fourth-order valence-electron chi connectivity index (χ4n) is 3.43. The molecule has 0 radical (unpaired) electrons. The minimum atomic E-state index is -4.70. The molecule has 0 amide bonds.